The van der Waals surface area contributed by atoms with Crippen LogP contribution < -0.4 is 9.64 Å². The summed E-state index contributed by atoms with van der Waals surface area (Å²) >= 11 is 0. The van der Waals surface area contributed by atoms with E-state index in [0.29, 0.717) is 5.82 Å². The summed E-state index contributed by atoms with van der Waals surface area (Å²) in [6.07, 6.45) is 2.85. The standard InChI is InChI=1S/C25H32N4O2/c1-18-19(2)23(31-4)10-9-20(18)17-28-13-15-29(16-14-28)22-8-6-5-7-21(22)24(30)25-26-11-12-27(25)3/h5-12,24,30H,13-17H2,1-4H3. The summed E-state index contributed by atoms with van der Waals surface area (Å²) in [5, 5.41) is 11.0. The van der Waals surface area contributed by atoms with Gasteiger partial charge >= 0.3 is 0 Å². The Morgan fingerprint density at radius 1 is 1.03 bits per heavy atom. The second kappa shape index (κ2) is 9.12. The third-order valence-electron chi connectivity index (χ3n) is 6.51. The average Bonchev–Trinajstić information content (AvgIpc) is 3.23. The minimum atomic E-state index is -0.737. The Morgan fingerprint density at radius 2 is 1.77 bits per heavy atom. The predicted molar refractivity (Wildman–Crippen MR) is 124 cm³/mol. The molecule has 1 fully saturated rings. The summed E-state index contributed by atoms with van der Waals surface area (Å²) in [6.45, 7) is 9.08. The number of ether oxygens (including phenoxy) is 1. The first-order valence-corrected chi connectivity index (χ1v) is 10.8. The van der Waals surface area contributed by atoms with E-state index in [1.165, 1.54) is 16.7 Å². The highest BCUT2D eigenvalue weighted by Crippen LogP contribution is 2.31. The lowest BCUT2D eigenvalue weighted by Crippen LogP contribution is -2.46. The van der Waals surface area contributed by atoms with Crippen LogP contribution in [0.15, 0.2) is 48.8 Å². The summed E-state index contributed by atoms with van der Waals surface area (Å²) in [6, 6.07) is 12.4. The second-order valence-corrected chi connectivity index (χ2v) is 8.30. The van der Waals surface area contributed by atoms with Crippen LogP contribution in [-0.4, -0.2) is 52.8 Å². The van der Waals surface area contributed by atoms with E-state index >= 15 is 0 Å². The Hall–Kier alpha value is -2.83. The van der Waals surface area contributed by atoms with Gasteiger partial charge in [-0.25, -0.2) is 4.98 Å². The number of piperazine rings is 1. The summed E-state index contributed by atoms with van der Waals surface area (Å²) in [5.41, 5.74) is 5.89. The smallest absolute Gasteiger partial charge is 0.142 e. The summed E-state index contributed by atoms with van der Waals surface area (Å²) < 4.78 is 7.33. The van der Waals surface area contributed by atoms with E-state index in [4.69, 9.17) is 4.74 Å². The van der Waals surface area contributed by atoms with Crippen molar-refractivity contribution in [2.24, 2.45) is 7.05 Å². The Balaban J connectivity index is 1.45. The molecule has 0 radical (unpaired) electrons. The number of para-hydroxylation sites is 1. The minimum Gasteiger partial charge on any atom is -0.496 e. The number of aryl methyl sites for hydroxylation is 1. The molecular formula is C25H32N4O2. The maximum absolute atomic E-state index is 11.0. The van der Waals surface area contributed by atoms with E-state index in [1.807, 2.05) is 36.0 Å². The normalized spacial score (nSPS) is 15.8. The van der Waals surface area contributed by atoms with Gasteiger partial charge in [-0.1, -0.05) is 24.3 Å². The van der Waals surface area contributed by atoms with Crippen LogP contribution in [0.1, 0.15) is 34.2 Å². The molecule has 2 aromatic carbocycles. The van der Waals surface area contributed by atoms with Crippen molar-refractivity contribution in [3.05, 3.63) is 76.9 Å². The first-order valence-electron chi connectivity index (χ1n) is 10.8. The minimum absolute atomic E-state index is 0.663. The Kier molecular flexibility index (Phi) is 6.30. The summed E-state index contributed by atoms with van der Waals surface area (Å²) in [5.74, 6) is 1.62. The van der Waals surface area contributed by atoms with Gasteiger partial charge in [0.25, 0.3) is 0 Å². The van der Waals surface area contributed by atoms with E-state index in [1.54, 1.807) is 13.3 Å². The predicted octanol–water partition coefficient (Wildman–Crippen LogP) is 3.45. The number of anilines is 1. The van der Waals surface area contributed by atoms with Gasteiger partial charge < -0.3 is 19.3 Å². The van der Waals surface area contributed by atoms with Crippen molar-refractivity contribution >= 4 is 5.69 Å². The molecule has 6 heteroatoms. The molecule has 4 rings (SSSR count). The molecule has 0 bridgehead atoms. The van der Waals surface area contributed by atoms with E-state index in [9.17, 15) is 5.11 Å². The number of rotatable bonds is 6. The molecule has 1 unspecified atom stereocenters. The zero-order valence-corrected chi connectivity index (χ0v) is 18.9. The SMILES string of the molecule is COc1ccc(CN2CCN(c3ccccc3C(O)c3nccn3C)CC2)c(C)c1C. The lowest BCUT2D eigenvalue weighted by Gasteiger charge is -2.37. The van der Waals surface area contributed by atoms with Gasteiger partial charge in [-0.3, -0.25) is 4.90 Å². The molecule has 1 aliphatic heterocycles. The van der Waals surface area contributed by atoms with Crippen LogP contribution in [0, 0.1) is 13.8 Å². The first kappa shape index (κ1) is 21.4. The molecule has 6 nitrogen and oxygen atoms in total. The van der Waals surface area contributed by atoms with E-state index in [-0.39, 0.29) is 0 Å². The summed E-state index contributed by atoms with van der Waals surface area (Å²) in [4.78, 5) is 9.22. The van der Waals surface area contributed by atoms with E-state index in [0.717, 1.165) is 49.7 Å². The van der Waals surface area contributed by atoms with Crippen LogP contribution in [0.5, 0.6) is 5.75 Å². The number of aliphatic hydroxyl groups excluding tert-OH is 1. The highest BCUT2D eigenvalue weighted by atomic mass is 16.5. The lowest BCUT2D eigenvalue weighted by atomic mass is 10.0. The third-order valence-corrected chi connectivity index (χ3v) is 6.51. The van der Waals surface area contributed by atoms with Gasteiger partial charge in [-0.15, -0.1) is 0 Å². The first-order chi connectivity index (χ1) is 15.0. The van der Waals surface area contributed by atoms with E-state index in [2.05, 4.69) is 46.8 Å². The van der Waals surface area contributed by atoms with Crippen LogP contribution in [0.4, 0.5) is 5.69 Å². The maximum Gasteiger partial charge on any atom is 0.142 e. The van der Waals surface area contributed by atoms with E-state index < -0.39 is 6.10 Å². The fourth-order valence-corrected chi connectivity index (χ4v) is 4.42. The monoisotopic (exact) mass is 420 g/mol. The Bertz CT molecular complexity index is 1040. The number of nitrogens with zero attached hydrogens (tertiary/aromatic N) is 4. The lowest BCUT2D eigenvalue weighted by molar-refractivity contribution is 0.205. The highest BCUT2D eigenvalue weighted by Gasteiger charge is 2.24. The van der Waals surface area contributed by atoms with Gasteiger partial charge in [0.15, 0.2) is 0 Å². The van der Waals surface area contributed by atoms with Crippen LogP contribution in [0.2, 0.25) is 0 Å². The number of aromatic nitrogens is 2. The van der Waals surface area contributed by atoms with Crippen molar-refractivity contribution in [3.63, 3.8) is 0 Å². The largest absolute Gasteiger partial charge is 0.496 e. The highest BCUT2D eigenvalue weighted by molar-refractivity contribution is 5.56. The van der Waals surface area contributed by atoms with Crippen molar-refractivity contribution in [3.8, 4) is 5.75 Å². The second-order valence-electron chi connectivity index (χ2n) is 8.30. The number of hydrogen-bond acceptors (Lipinski definition) is 5. The number of aliphatic hydroxyl groups is 1. The zero-order chi connectivity index (χ0) is 22.0. The number of imidazole rings is 1. The van der Waals surface area contributed by atoms with Crippen molar-refractivity contribution in [2.75, 3.05) is 38.2 Å². The van der Waals surface area contributed by atoms with Gasteiger partial charge in [0.05, 0.1) is 7.11 Å². The molecule has 1 aromatic heterocycles. The molecule has 1 atom stereocenters. The molecule has 0 amide bonds. The van der Waals surface area contributed by atoms with Gasteiger partial charge in [0.2, 0.25) is 0 Å². The molecule has 0 spiro atoms. The Labute approximate surface area is 184 Å². The van der Waals surface area contributed by atoms with Gasteiger partial charge in [-0.05, 0) is 42.7 Å². The van der Waals surface area contributed by atoms with Gasteiger partial charge in [0.1, 0.15) is 17.7 Å². The maximum atomic E-state index is 11.0. The molecule has 0 saturated carbocycles. The average molecular weight is 421 g/mol. The fraction of sp³-hybridized carbons (Fsp3) is 0.400. The Morgan fingerprint density at radius 3 is 2.45 bits per heavy atom. The molecule has 164 valence electrons. The third kappa shape index (κ3) is 4.31. The molecule has 31 heavy (non-hydrogen) atoms. The number of methoxy groups -OCH3 is 1. The number of hydrogen-bond donors (Lipinski definition) is 1. The van der Waals surface area contributed by atoms with Crippen LogP contribution >= 0.6 is 0 Å². The molecule has 1 N–H and O–H groups in total. The van der Waals surface area contributed by atoms with Gasteiger partial charge in [0, 0.05) is 63.4 Å². The van der Waals surface area contributed by atoms with Crippen molar-refractivity contribution < 1.29 is 9.84 Å². The zero-order valence-electron chi connectivity index (χ0n) is 18.9. The molecular weight excluding hydrogens is 388 g/mol. The van der Waals surface area contributed by atoms with Crippen molar-refractivity contribution in [2.45, 2.75) is 26.5 Å². The molecule has 0 aliphatic carbocycles. The van der Waals surface area contributed by atoms with Crippen LogP contribution in [-0.2, 0) is 13.6 Å². The summed E-state index contributed by atoms with van der Waals surface area (Å²) in [7, 11) is 3.64. The molecule has 3 aromatic rings. The van der Waals surface area contributed by atoms with Crippen LogP contribution in [0.3, 0.4) is 0 Å². The van der Waals surface area contributed by atoms with Crippen molar-refractivity contribution in [1.82, 2.24) is 14.5 Å². The quantitative estimate of drug-likeness (QED) is 0.662. The van der Waals surface area contributed by atoms with Crippen LogP contribution in [0.25, 0.3) is 0 Å². The van der Waals surface area contributed by atoms with Gasteiger partial charge in [-0.2, -0.15) is 0 Å². The molecule has 1 saturated heterocycles. The van der Waals surface area contributed by atoms with Crippen molar-refractivity contribution in [1.29, 1.82) is 0 Å². The number of benzene rings is 2. The fourth-order valence-electron chi connectivity index (χ4n) is 4.42. The molecule has 1 aliphatic rings. The molecule has 2 heterocycles. The topological polar surface area (TPSA) is 53.8 Å².